The highest BCUT2D eigenvalue weighted by Crippen LogP contribution is 2.29. The number of sulfone groups is 1. The first-order chi connectivity index (χ1) is 11.5. The summed E-state index contributed by atoms with van der Waals surface area (Å²) >= 11 is 0. The molecule has 1 aliphatic rings. The summed E-state index contributed by atoms with van der Waals surface area (Å²) in [4.78, 5) is 14.5. The van der Waals surface area contributed by atoms with Gasteiger partial charge >= 0.3 is 0 Å². The van der Waals surface area contributed by atoms with E-state index in [0.29, 0.717) is 24.3 Å². The van der Waals surface area contributed by atoms with Crippen molar-refractivity contribution in [1.82, 2.24) is 10.1 Å². The van der Waals surface area contributed by atoms with Crippen LogP contribution in [0.5, 0.6) is 0 Å². The number of benzene rings is 1. The van der Waals surface area contributed by atoms with Gasteiger partial charge in [0.05, 0.1) is 5.69 Å². The number of hydrogen-bond acceptors (Lipinski definition) is 5. The molecule has 24 heavy (non-hydrogen) atoms. The Morgan fingerprint density at radius 3 is 2.50 bits per heavy atom. The minimum Gasteiger partial charge on any atom is -0.360 e. The van der Waals surface area contributed by atoms with E-state index >= 15 is 0 Å². The molecule has 2 aromatic rings. The lowest BCUT2D eigenvalue weighted by Crippen LogP contribution is -2.36. The Hall–Kier alpha value is -2.15. The zero-order chi connectivity index (χ0) is 17.2. The van der Waals surface area contributed by atoms with Gasteiger partial charge in [-0.05, 0) is 25.3 Å². The SMILES string of the molecule is Cc1cc(CS(=O)(=O)[C@@H](C(=O)N2CCCC2)c2ccccc2)on1. The molecule has 1 aromatic carbocycles. The number of likely N-dealkylation sites (tertiary alicyclic amines) is 1. The first kappa shape index (κ1) is 16.7. The first-order valence-electron chi connectivity index (χ1n) is 7.95. The van der Waals surface area contributed by atoms with E-state index in [0.717, 1.165) is 12.8 Å². The molecule has 1 aromatic heterocycles. The average Bonchev–Trinajstić information content (AvgIpc) is 3.19. The maximum Gasteiger partial charge on any atom is 0.245 e. The number of carbonyl (C=O) groups is 1. The molecule has 3 rings (SSSR count). The van der Waals surface area contributed by atoms with E-state index in [1.807, 2.05) is 0 Å². The fraction of sp³-hybridized carbons (Fsp3) is 0.412. The van der Waals surface area contributed by atoms with Crippen LogP contribution in [0.4, 0.5) is 0 Å². The zero-order valence-corrected chi connectivity index (χ0v) is 14.3. The smallest absolute Gasteiger partial charge is 0.245 e. The van der Waals surface area contributed by atoms with Gasteiger partial charge in [-0.25, -0.2) is 8.42 Å². The molecule has 0 N–H and O–H groups in total. The topological polar surface area (TPSA) is 80.5 Å². The minimum atomic E-state index is -3.78. The third-order valence-electron chi connectivity index (χ3n) is 4.12. The summed E-state index contributed by atoms with van der Waals surface area (Å²) in [7, 11) is -3.78. The van der Waals surface area contributed by atoms with E-state index in [9.17, 15) is 13.2 Å². The summed E-state index contributed by atoms with van der Waals surface area (Å²) in [6, 6.07) is 10.2. The molecule has 1 amide bonds. The number of amides is 1. The minimum absolute atomic E-state index is 0.252. The Morgan fingerprint density at radius 1 is 1.25 bits per heavy atom. The van der Waals surface area contributed by atoms with Crippen LogP contribution in [0.1, 0.15) is 35.1 Å². The molecule has 0 radical (unpaired) electrons. The highest BCUT2D eigenvalue weighted by Gasteiger charge is 2.38. The van der Waals surface area contributed by atoms with Crippen molar-refractivity contribution >= 4 is 15.7 Å². The van der Waals surface area contributed by atoms with Crippen molar-refractivity contribution in [1.29, 1.82) is 0 Å². The summed E-state index contributed by atoms with van der Waals surface area (Å²) in [5.41, 5.74) is 1.10. The van der Waals surface area contributed by atoms with E-state index in [1.165, 1.54) is 0 Å². The number of aromatic nitrogens is 1. The van der Waals surface area contributed by atoms with Crippen LogP contribution < -0.4 is 0 Å². The molecular formula is C17H20N2O4S. The Labute approximate surface area is 141 Å². The van der Waals surface area contributed by atoms with Gasteiger partial charge < -0.3 is 9.42 Å². The van der Waals surface area contributed by atoms with E-state index in [2.05, 4.69) is 5.16 Å². The van der Waals surface area contributed by atoms with Crippen LogP contribution in [0.3, 0.4) is 0 Å². The Kier molecular flexibility index (Phi) is 4.71. The number of rotatable bonds is 5. The molecule has 128 valence electrons. The highest BCUT2D eigenvalue weighted by molar-refractivity contribution is 7.91. The average molecular weight is 348 g/mol. The van der Waals surface area contributed by atoms with Crippen molar-refractivity contribution in [3.05, 3.63) is 53.4 Å². The first-order valence-corrected chi connectivity index (χ1v) is 9.66. The van der Waals surface area contributed by atoms with Crippen molar-refractivity contribution in [2.75, 3.05) is 13.1 Å². The van der Waals surface area contributed by atoms with Gasteiger partial charge in [0, 0.05) is 19.2 Å². The highest BCUT2D eigenvalue weighted by atomic mass is 32.2. The molecule has 1 saturated heterocycles. The third kappa shape index (κ3) is 3.51. The van der Waals surface area contributed by atoms with Crippen molar-refractivity contribution < 1.29 is 17.7 Å². The monoisotopic (exact) mass is 348 g/mol. The molecule has 1 fully saturated rings. The molecule has 0 bridgehead atoms. The number of nitrogens with zero attached hydrogens (tertiary/aromatic N) is 2. The van der Waals surface area contributed by atoms with E-state index < -0.39 is 15.1 Å². The van der Waals surface area contributed by atoms with Gasteiger partial charge in [0.15, 0.2) is 20.8 Å². The number of hydrogen-bond donors (Lipinski definition) is 0. The summed E-state index contributed by atoms with van der Waals surface area (Å²) in [5.74, 6) is -0.440. The normalized spacial score (nSPS) is 16.3. The molecule has 0 aliphatic carbocycles. The van der Waals surface area contributed by atoms with Crippen LogP contribution in [0.25, 0.3) is 0 Å². The second-order valence-corrected chi connectivity index (χ2v) is 8.15. The van der Waals surface area contributed by atoms with E-state index in [4.69, 9.17) is 4.52 Å². The van der Waals surface area contributed by atoms with Gasteiger partial charge in [-0.1, -0.05) is 35.5 Å². The maximum atomic E-state index is 13.0. The second-order valence-electron chi connectivity index (χ2n) is 6.06. The standard InChI is InChI=1S/C17H20N2O4S/c1-13-11-15(23-18-13)12-24(21,22)16(14-7-3-2-4-8-14)17(20)19-9-5-6-10-19/h2-4,7-8,11,16H,5-6,9-10,12H2,1H3/t16-/m1/s1. The lowest BCUT2D eigenvalue weighted by molar-refractivity contribution is -0.129. The van der Waals surface area contributed by atoms with Crippen molar-refractivity contribution in [2.24, 2.45) is 0 Å². The fourth-order valence-corrected chi connectivity index (χ4v) is 4.73. The molecule has 0 unspecified atom stereocenters. The second kappa shape index (κ2) is 6.76. The lowest BCUT2D eigenvalue weighted by Gasteiger charge is -2.23. The molecule has 0 saturated carbocycles. The Bertz CT molecular complexity index is 808. The van der Waals surface area contributed by atoms with Crippen LogP contribution in [-0.2, 0) is 20.4 Å². The Morgan fingerprint density at radius 2 is 1.92 bits per heavy atom. The molecule has 6 nitrogen and oxygen atoms in total. The van der Waals surface area contributed by atoms with Crippen LogP contribution in [-0.4, -0.2) is 37.5 Å². The van der Waals surface area contributed by atoms with Crippen LogP contribution in [0, 0.1) is 6.92 Å². The van der Waals surface area contributed by atoms with Gasteiger partial charge in [-0.3, -0.25) is 4.79 Å². The van der Waals surface area contributed by atoms with Crippen LogP contribution in [0.2, 0.25) is 0 Å². The Balaban J connectivity index is 1.95. The zero-order valence-electron chi connectivity index (χ0n) is 13.5. The summed E-state index contributed by atoms with van der Waals surface area (Å²) in [6.07, 6.45) is 1.82. The lowest BCUT2D eigenvalue weighted by atomic mass is 10.1. The van der Waals surface area contributed by atoms with Gasteiger partial charge in [0.25, 0.3) is 0 Å². The maximum absolute atomic E-state index is 13.0. The third-order valence-corrected chi connectivity index (χ3v) is 6.00. The summed E-state index contributed by atoms with van der Waals surface area (Å²) in [6.45, 7) is 2.95. The fourth-order valence-electron chi connectivity index (χ4n) is 3.00. The number of aryl methyl sites for hydroxylation is 1. The summed E-state index contributed by atoms with van der Waals surface area (Å²) in [5, 5.41) is 2.51. The van der Waals surface area contributed by atoms with Gasteiger partial charge in [-0.2, -0.15) is 0 Å². The van der Waals surface area contributed by atoms with Crippen molar-refractivity contribution in [2.45, 2.75) is 30.8 Å². The van der Waals surface area contributed by atoms with E-state index in [1.54, 1.807) is 48.2 Å². The van der Waals surface area contributed by atoms with Crippen LogP contribution in [0.15, 0.2) is 40.9 Å². The molecule has 1 aliphatic heterocycles. The number of carbonyl (C=O) groups excluding carboxylic acids is 1. The quantitative estimate of drug-likeness (QED) is 0.828. The molecule has 2 heterocycles. The van der Waals surface area contributed by atoms with Gasteiger partial charge in [-0.15, -0.1) is 0 Å². The molecular weight excluding hydrogens is 328 g/mol. The van der Waals surface area contributed by atoms with Crippen molar-refractivity contribution in [3.63, 3.8) is 0 Å². The molecule has 0 spiro atoms. The summed E-state index contributed by atoms with van der Waals surface area (Å²) < 4.78 is 31.0. The molecule has 7 heteroatoms. The molecule has 1 atom stereocenters. The van der Waals surface area contributed by atoms with E-state index in [-0.39, 0.29) is 17.4 Å². The van der Waals surface area contributed by atoms with Crippen molar-refractivity contribution in [3.8, 4) is 0 Å². The van der Waals surface area contributed by atoms with Gasteiger partial charge in [0.2, 0.25) is 5.91 Å². The predicted octanol–water partition coefficient (Wildman–Crippen LogP) is 2.26. The predicted molar refractivity (Wildman–Crippen MR) is 88.9 cm³/mol. The van der Waals surface area contributed by atoms with Crippen LogP contribution >= 0.6 is 0 Å². The van der Waals surface area contributed by atoms with Gasteiger partial charge in [0.1, 0.15) is 5.75 Å². The largest absolute Gasteiger partial charge is 0.360 e.